The molecule has 0 N–H and O–H groups in total. The third-order valence-corrected chi connectivity index (χ3v) is 4.79. The van der Waals surface area contributed by atoms with Crippen LogP contribution in [-0.4, -0.2) is 47.9 Å². The molecule has 2 aliphatic rings. The molecule has 7 heteroatoms. The molecule has 0 unspecified atom stereocenters. The molecule has 2 aliphatic heterocycles. The number of carbonyl (C=O) groups is 1. The molecule has 0 saturated carbocycles. The number of aromatic nitrogens is 1. The molecule has 0 bridgehead atoms. The van der Waals surface area contributed by atoms with Crippen molar-refractivity contribution in [2.75, 3.05) is 31.1 Å². The van der Waals surface area contributed by atoms with Gasteiger partial charge in [0.25, 0.3) is 5.92 Å². The van der Waals surface area contributed by atoms with E-state index in [-0.39, 0.29) is 37.8 Å². The van der Waals surface area contributed by atoms with Crippen LogP contribution in [0.1, 0.15) is 18.4 Å². The lowest BCUT2D eigenvalue weighted by molar-refractivity contribution is -0.142. The molecule has 120 valence electrons. The zero-order chi connectivity index (χ0) is 15.9. The van der Waals surface area contributed by atoms with Gasteiger partial charge in [0.1, 0.15) is 5.82 Å². The van der Waals surface area contributed by atoms with Crippen molar-refractivity contribution >= 4 is 27.7 Å². The van der Waals surface area contributed by atoms with E-state index in [0.29, 0.717) is 13.1 Å². The van der Waals surface area contributed by atoms with Gasteiger partial charge in [-0.1, -0.05) is 0 Å². The summed E-state index contributed by atoms with van der Waals surface area (Å²) in [4.78, 5) is 20.4. The maximum absolute atomic E-state index is 13.1. The molecule has 22 heavy (non-hydrogen) atoms. The average molecular weight is 374 g/mol. The van der Waals surface area contributed by atoms with Crippen LogP contribution in [0.25, 0.3) is 0 Å². The molecule has 1 aromatic heterocycles. The summed E-state index contributed by atoms with van der Waals surface area (Å²) in [7, 11) is 0. The van der Waals surface area contributed by atoms with Crippen molar-refractivity contribution in [3.8, 4) is 0 Å². The number of piperidine rings is 1. The number of hydrogen-bond donors (Lipinski definition) is 0. The van der Waals surface area contributed by atoms with Crippen LogP contribution < -0.4 is 4.90 Å². The van der Waals surface area contributed by atoms with Crippen LogP contribution in [-0.2, 0) is 4.79 Å². The van der Waals surface area contributed by atoms with Gasteiger partial charge in [-0.25, -0.2) is 13.8 Å². The summed E-state index contributed by atoms with van der Waals surface area (Å²) in [6.07, 6.45) is 1.30. The molecule has 2 fully saturated rings. The highest BCUT2D eigenvalue weighted by Crippen LogP contribution is 2.31. The number of amides is 1. The van der Waals surface area contributed by atoms with E-state index >= 15 is 0 Å². The van der Waals surface area contributed by atoms with E-state index in [1.807, 2.05) is 13.0 Å². The first kappa shape index (κ1) is 15.6. The predicted molar refractivity (Wildman–Crippen MR) is 83.1 cm³/mol. The standard InChI is InChI=1S/C15H18BrF2N3O/c1-10-6-12(16)7-19-13(10)21-8-11(9-21)14(22)20-4-2-15(17,18)3-5-20/h6-7,11H,2-5,8-9H2,1H3. The molecule has 0 aliphatic carbocycles. The van der Waals surface area contributed by atoms with E-state index in [1.54, 1.807) is 11.1 Å². The Morgan fingerprint density at radius 3 is 2.59 bits per heavy atom. The molecule has 2 saturated heterocycles. The van der Waals surface area contributed by atoms with Crippen LogP contribution in [0.3, 0.4) is 0 Å². The summed E-state index contributed by atoms with van der Waals surface area (Å²) in [5.41, 5.74) is 1.05. The van der Waals surface area contributed by atoms with Crippen LogP contribution in [0.4, 0.5) is 14.6 Å². The Morgan fingerprint density at radius 1 is 1.36 bits per heavy atom. The minimum Gasteiger partial charge on any atom is -0.355 e. The Kier molecular flexibility index (Phi) is 4.09. The van der Waals surface area contributed by atoms with Crippen molar-refractivity contribution < 1.29 is 13.6 Å². The van der Waals surface area contributed by atoms with Crippen LogP contribution >= 0.6 is 15.9 Å². The van der Waals surface area contributed by atoms with Crippen molar-refractivity contribution in [2.45, 2.75) is 25.7 Å². The van der Waals surface area contributed by atoms with Crippen molar-refractivity contribution in [2.24, 2.45) is 5.92 Å². The monoisotopic (exact) mass is 373 g/mol. The first-order chi connectivity index (χ1) is 10.4. The second kappa shape index (κ2) is 5.76. The quantitative estimate of drug-likeness (QED) is 0.799. The lowest BCUT2D eigenvalue weighted by atomic mass is 9.96. The zero-order valence-corrected chi connectivity index (χ0v) is 13.9. The van der Waals surface area contributed by atoms with Crippen molar-refractivity contribution in [1.29, 1.82) is 0 Å². The van der Waals surface area contributed by atoms with Crippen molar-refractivity contribution in [1.82, 2.24) is 9.88 Å². The molecule has 0 radical (unpaired) electrons. The van der Waals surface area contributed by atoms with Crippen LogP contribution in [0, 0.1) is 12.8 Å². The van der Waals surface area contributed by atoms with E-state index in [0.717, 1.165) is 15.9 Å². The third kappa shape index (κ3) is 3.09. The van der Waals surface area contributed by atoms with E-state index in [9.17, 15) is 13.6 Å². The number of pyridine rings is 1. The van der Waals surface area contributed by atoms with Gasteiger partial charge in [0.15, 0.2) is 0 Å². The second-order valence-electron chi connectivity index (χ2n) is 6.08. The van der Waals surface area contributed by atoms with Crippen LogP contribution in [0.2, 0.25) is 0 Å². The Balaban J connectivity index is 1.56. The van der Waals surface area contributed by atoms with Crippen molar-refractivity contribution in [3.63, 3.8) is 0 Å². The largest absolute Gasteiger partial charge is 0.355 e. The summed E-state index contributed by atoms with van der Waals surface area (Å²) >= 11 is 3.38. The highest BCUT2D eigenvalue weighted by Gasteiger charge is 2.41. The Bertz CT molecular complexity index is 580. The second-order valence-corrected chi connectivity index (χ2v) is 6.99. The van der Waals surface area contributed by atoms with Gasteiger partial charge >= 0.3 is 0 Å². The van der Waals surface area contributed by atoms with Gasteiger partial charge in [0.2, 0.25) is 5.91 Å². The summed E-state index contributed by atoms with van der Waals surface area (Å²) in [5.74, 6) is -1.82. The minimum atomic E-state index is -2.61. The maximum Gasteiger partial charge on any atom is 0.251 e. The highest BCUT2D eigenvalue weighted by molar-refractivity contribution is 9.10. The van der Waals surface area contributed by atoms with Gasteiger partial charge < -0.3 is 9.80 Å². The molecule has 3 heterocycles. The lowest BCUT2D eigenvalue weighted by Gasteiger charge is -2.43. The smallest absolute Gasteiger partial charge is 0.251 e. The number of rotatable bonds is 2. The zero-order valence-electron chi connectivity index (χ0n) is 12.4. The van der Waals surface area contributed by atoms with Gasteiger partial charge in [0.05, 0.1) is 5.92 Å². The molecular formula is C15H18BrF2N3O. The molecule has 0 spiro atoms. The van der Waals surface area contributed by atoms with Gasteiger partial charge in [-0.15, -0.1) is 0 Å². The van der Waals surface area contributed by atoms with E-state index in [1.165, 1.54) is 0 Å². The normalized spacial score (nSPS) is 21.6. The molecule has 4 nitrogen and oxygen atoms in total. The minimum absolute atomic E-state index is 0.00140. The number of anilines is 1. The summed E-state index contributed by atoms with van der Waals surface area (Å²) in [6.45, 7) is 3.53. The average Bonchev–Trinajstić information content (AvgIpc) is 2.39. The Hall–Kier alpha value is -1.24. The fourth-order valence-electron chi connectivity index (χ4n) is 2.98. The number of alkyl halides is 2. The number of halogens is 3. The molecule has 3 rings (SSSR count). The van der Waals surface area contributed by atoms with E-state index in [4.69, 9.17) is 0 Å². The number of likely N-dealkylation sites (tertiary alicyclic amines) is 1. The fraction of sp³-hybridized carbons (Fsp3) is 0.600. The molecule has 1 aromatic rings. The van der Waals surface area contributed by atoms with E-state index in [2.05, 4.69) is 25.8 Å². The van der Waals surface area contributed by atoms with Crippen LogP contribution in [0.5, 0.6) is 0 Å². The maximum atomic E-state index is 13.1. The molecular weight excluding hydrogens is 356 g/mol. The lowest BCUT2D eigenvalue weighted by Crippen LogP contribution is -2.56. The predicted octanol–water partition coefficient (Wildman–Crippen LogP) is 2.85. The van der Waals surface area contributed by atoms with Crippen LogP contribution in [0.15, 0.2) is 16.7 Å². The first-order valence-electron chi connectivity index (χ1n) is 7.39. The summed E-state index contributed by atoms with van der Waals surface area (Å²) < 4.78 is 27.2. The SMILES string of the molecule is Cc1cc(Br)cnc1N1CC(C(=O)N2CCC(F)(F)CC2)C1. The Morgan fingerprint density at radius 2 is 2.00 bits per heavy atom. The molecule has 0 aromatic carbocycles. The van der Waals surface area contributed by atoms with Crippen molar-refractivity contribution in [3.05, 3.63) is 22.3 Å². The van der Waals surface area contributed by atoms with Gasteiger partial charge in [-0.05, 0) is 34.5 Å². The van der Waals surface area contributed by atoms with Gasteiger partial charge in [-0.3, -0.25) is 4.79 Å². The third-order valence-electron chi connectivity index (χ3n) is 4.35. The molecule has 1 amide bonds. The van der Waals surface area contributed by atoms with Gasteiger partial charge in [-0.2, -0.15) is 0 Å². The fourth-order valence-corrected chi connectivity index (χ4v) is 3.43. The topological polar surface area (TPSA) is 36.4 Å². The highest BCUT2D eigenvalue weighted by atomic mass is 79.9. The number of carbonyl (C=O) groups excluding carboxylic acids is 1. The van der Waals surface area contributed by atoms with Gasteiger partial charge in [0, 0.05) is 49.7 Å². The van der Waals surface area contributed by atoms with E-state index < -0.39 is 5.92 Å². The summed E-state index contributed by atoms with van der Waals surface area (Å²) in [5, 5.41) is 0. The first-order valence-corrected chi connectivity index (χ1v) is 8.19. The molecule has 0 atom stereocenters. The summed E-state index contributed by atoms with van der Waals surface area (Å²) in [6, 6.07) is 1.99. The Labute approximate surface area is 136 Å². The number of nitrogens with zero attached hydrogens (tertiary/aromatic N) is 3. The number of hydrogen-bond acceptors (Lipinski definition) is 3. The number of aryl methyl sites for hydroxylation is 1.